The standard InChI is InChI=1S/C11H15NO3/c1-8(13)4-5-9-6-11(15-3)12-7-10(9)14-2/h6-7H,4-5H2,1-3H3. The van der Waals surface area contributed by atoms with Gasteiger partial charge in [0.1, 0.15) is 11.5 Å². The first kappa shape index (κ1) is 11.5. The summed E-state index contributed by atoms with van der Waals surface area (Å²) in [7, 11) is 3.14. The molecule has 0 amide bonds. The number of aromatic nitrogens is 1. The summed E-state index contributed by atoms with van der Waals surface area (Å²) in [6, 6.07) is 1.79. The van der Waals surface area contributed by atoms with Crippen molar-refractivity contribution in [1.29, 1.82) is 0 Å². The molecule has 1 aromatic heterocycles. The highest BCUT2D eigenvalue weighted by Crippen LogP contribution is 2.22. The van der Waals surface area contributed by atoms with Gasteiger partial charge >= 0.3 is 0 Å². The number of hydrogen-bond donors (Lipinski definition) is 0. The zero-order valence-corrected chi connectivity index (χ0v) is 9.24. The highest BCUT2D eigenvalue weighted by molar-refractivity contribution is 5.75. The fourth-order valence-corrected chi connectivity index (χ4v) is 1.26. The van der Waals surface area contributed by atoms with E-state index < -0.39 is 0 Å². The van der Waals surface area contributed by atoms with Gasteiger partial charge in [-0.1, -0.05) is 0 Å². The van der Waals surface area contributed by atoms with E-state index in [1.807, 2.05) is 0 Å². The van der Waals surface area contributed by atoms with Crippen LogP contribution in [-0.4, -0.2) is 25.0 Å². The van der Waals surface area contributed by atoms with Gasteiger partial charge in [-0.3, -0.25) is 0 Å². The summed E-state index contributed by atoms with van der Waals surface area (Å²) in [5.41, 5.74) is 0.944. The van der Waals surface area contributed by atoms with Crippen LogP contribution in [0, 0.1) is 0 Å². The van der Waals surface area contributed by atoms with Crippen molar-refractivity contribution in [3.05, 3.63) is 17.8 Å². The molecule has 0 aliphatic carbocycles. The molecule has 1 heterocycles. The van der Waals surface area contributed by atoms with Crippen molar-refractivity contribution in [3.63, 3.8) is 0 Å². The van der Waals surface area contributed by atoms with E-state index in [4.69, 9.17) is 9.47 Å². The molecule has 1 rings (SSSR count). The first-order valence-electron chi connectivity index (χ1n) is 4.73. The topological polar surface area (TPSA) is 48.4 Å². The Balaban J connectivity index is 2.85. The molecule has 4 nitrogen and oxygen atoms in total. The number of Topliss-reactive ketones (excluding diaryl/α,β-unsaturated/α-hetero) is 1. The SMILES string of the molecule is COc1cc(CCC(C)=O)c(OC)cn1. The van der Waals surface area contributed by atoms with Gasteiger partial charge in [-0.15, -0.1) is 0 Å². The van der Waals surface area contributed by atoms with E-state index in [1.165, 1.54) is 0 Å². The Morgan fingerprint density at radius 2 is 2.13 bits per heavy atom. The molecule has 0 radical (unpaired) electrons. The minimum absolute atomic E-state index is 0.160. The molecular weight excluding hydrogens is 194 g/mol. The van der Waals surface area contributed by atoms with E-state index in [1.54, 1.807) is 33.4 Å². The van der Waals surface area contributed by atoms with Crippen molar-refractivity contribution < 1.29 is 14.3 Å². The summed E-state index contributed by atoms with van der Waals surface area (Å²) in [4.78, 5) is 14.9. The van der Waals surface area contributed by atoms with Crippen LogP contribution >= 0.6 is 0 Å². The van der Waals surface area contributed by atoms with Crippen LogP contribution in [0.25, 0.3) is 0 Å². The molecule has 0 aromatic carbocycles. The molecule has 0 N–H and O–H groups in total. The Hall–Kier alpha value is -1.58. The largest absolute Gasteiger partial charge is 0.495 e. The molecule has 1 aromatic rings. The van der Waals surface area contributed by atoms with Crippen LogP contribution in [0.3, 0.4) is 0 Å². The van der Waals surface area contributed by atoms with Crippen LogP contribution in [0.15, 0.2) is 12.3 Å². The van der Waals surface area contributed by atoms with Gasteiger partial charge in [0.05, 0.1) is 20.4 Å². The maximum atomic E-state index is 10.9. The lowest BCUT2D eigenvalue weighted by Crippen LogP contribution is -1.99. The van der Waals surface area contributed by atoms with Crippen LogP contribution < -0.4 is 9.47 Å². The van der Waals surface area contributed by atoms with Gasteiger partial charge < -0.3 is 14.3 Å². The highest BCUT2D eigenvalue weighted by Gasteiger charge is 2.06. The van der Waals surface area contributed by atoms with Crippen LogP contribution in [0.5, 0.6) is 11.6 Å². The fourth-order valence-electron chi connectivity index (χ4n) is 1.26. The predicted octanol–water partition coefficient (Wildman–Crippen LogP) is 1.62. The van der Waals surface area contributed by atoms with E-state index in [2.05, 4.69) is 4.98 Å². The van der Waals surface area contributed by atoms with E-state index >= 15 is 0 Å². The zero-order chi connectivity index (χ0) is 11.3. The number of ketones is 1. The van der Waals surface area contributed by atoms with E-state index in [9.17, 15) is 4.79 Å². The summed E-state index contributed by atoms with van der Waals surface area (Å²) in [5.74, 6) is 1.39. The second-order valence-corrected chi connectivity index (χ2v) is 3.24. The van der Waals surface area contributed by atoms with Crippen molar-refractivity contribution in [2.45, 2.75) is 19.8 Å². The molecule has 0 bridgehead atoms. The zero-order valence-electron chi connectivity index (χ0n) is 9.24. The summed E-state index contributed by atoms with van der Waals surface area (Å²) < 4.78 is 10.2. The second kappa shape index (κ2) is 5.34. The Labute approximate surface area is 89.2 Å². The van der Waals surface area contributed by atoms with Gasteiger partial charge in [0.15, 0.2) is 0 Å². The van der Waals surface area contributed by atoms with Crippen molar-refractivity contribution in [1.82, 2.24) is 4.98 Å². The molecule has 0 fully saturated rings. The molecule has 0 atom stereocenters. The molecule has 0 spiro atoms. The number of nitrogens with zero attached hydrogens (tertiary/aromatic N) is 1. The number of aryl methyl sites for hydroxylation is 1. The first-order chi connectivity index (χ1) is 7.17. The Kier molecular flexibility index (Phi) is 4.09. The molecule has 15 heavy (non-hydrogen) atoms. The van der Waals surface area contributed by atoms with Crippen LogP contribution in [0.4, 0.5) is 0 Å². The normalized spacial score (nSPS) is 9.80. The van der Waals surface area contributed by atoms with Crippen LogP contribution in [0.1, 0.15) is 18.9 Å². The quantitative estimate of drug-likeness (QED) is 0.739. The van der Waals surface area contributed by atoms with Crippen LogP contribution in [0.2, 0.25) is 0 Å². The third-order valence-corrected chi connectivity index (χ3v) is 2.10. The van der Waals surface area contributed by atoms with Gasteiger partial charge in [-0.2, -0.15) is 0 Å². The van der Waals surface area contributed by atoms with Crippen LogP contribution in [-0.2, 0) is 11.2 Å². The molecule has 0 saturated carbocycles. The number of carbonyl (C=O) groups is 1. The maximum absolute atomic E-state index is 10.9. The number of methoxy groups -OCH3 is 2. The molecule has 4 heteroatoms. The summed E-state index contributed by atoms with van der Waals surface area (Å²) >= 11 is 0. The van der Waals surface area contributed by atoms with Gasteiger partial charge in [0, 0.05) is 18.1 Å². The Morgan fingerprint density at radius 3 is 2.67 bits per heavy atom. The molecule has 0 saturated heterocycles. The van der Waals surface area contributed by atoms with E-state index in [0.717, 1.165) is 5.56 Å². The first-order valence-corrected chi connectivity index (χ1v) is 4.73. The minimum Gasteiger partial charge on any atom is -0.495 e. The predicted molar refractivity (Wildman–Crippen MR) is 56.3 cm³/mol. The van der Waals surface area contributed by atoms with E-state index in [0.29, 0.717) is 24.5 Å². The summed E-state index contributed by atoms with van der Waals surface area (Å²) in [6.45, 7) is 1.57. The lowest BCUT2D eigenvalue weighted by atomic mass is 10.1. The molecule has 0 aliphatic heterocycles. The van der Waals surface area contributed by atoms with Gasteiger partial charge in [0.25, 0.3) is 0 Å². The fraction of sp³-hybridized carbons (Fsp3) is 0.455. The van der Waals surface area contributed by atoms with E-state index in [-0.39, 0.29) is 5.78 Å². The summed E-state index contributed by atoms with van der Waals surface area (Å²) in [5, 5.41) is 0. The monoisotopic (exact) mass is 209 g/mol. The lowest BCUT2D eigenvalue weighted by molar-refractivity contribution is -0.116. The van der Waals surface area contributed by atoms with Gasteiger partial charge in [-0.05, 0) is 13.3 Å². The minimum atomic E-state index is 0.160. The average Bonchev–Trinajstić information content (AvgIpc) is 2.25. The Bertz CT molecular complexity index is 350. The highest BCUT2D eigenvalue weighted by atomic mass is 16.5. The third kappa shape index (κ3) is 3.23. The number of carbonyl (C=O) groups excluding carboxylic acids is 1. The van der Waals surface area contributed by atoms with Gasteiger partial charge in [-0.25, -0.2) is 4.98 Å². The molecule has 0 unspecified atom stereocenters. The van der Waals surface area contributed by atoms with Crippen molar-refractivity contribution in [2.24, 2.45) is 0 Å². The second-order valence-electron chi connectivity index (χ2n) is 3.24. The third-order valence-electron chi connectivity index (χ3n) is 2.10. The van der Waals surface area contributed by atoms with Crippen molar-refractivity contribution >= 4 is 5.78 Å². The number of hydrogen-bond acceptors (Lipinski definition) is 4. The lowest BCUT2D eigenvalue weighted by Gasteiger charge is -2.08. The number of ether oxygens (including phenoxy) is 2. The number of pyridine rings is 1. The molecular formula is C11H15NO3. The Morgan fingerprint density at radius 1 is 1.40 bits per heavy atom. The average molecular weight is 209 g/mol. The molecule has 0 aliphatic rings. The number of rotatable bonds is 5. The smallest absolute Gasteiger partial charge is 0.213 e. The van der Waals surface area contributed by atoms with Gasteiger partial charge in [0.2, 0.25) is 5.88 Å². The summed E-state index contributed by atoms with van der Waals surface area (Å²) in [6.07, 6.45) is 2.76. The van der Waals surface area contributed by atoms with Crippen molar-refractivity contribution in [2.75, 3.05) is 14.2 Å². The maximum Gasteiger partial charge on any atom is 0.213 e. The molecule has 82 valence electrons. The van der Waals surface area contributed by atoms with Crippen molar-refractivity contribution in [3.8, 4) is 11.6 Å².